The smallest absolute Gasteiger partial charge is 0.161 e. The molecule has 1 rings (SSSR count). The molecule has 0 aromatic rings. The highest BCUT2D eigenvalue weighted by Gasteiger charge is 2.28. The highest BCUT2D eigenvalue weighted by Crippen LogP contribution is 2.27. The maximum absolute atomic E-state index is 10.9. The van der Waals surface area contributed by atoms with Gasteiger partial charge < -0.3 is 5.11 Å². The van der Waals surface area contributed by atoms with Gasteiger partial charge in [0.05, 0.1) is 0 Å². The minimum atomic E-state index is -0.670. The van der Waals surface area contributed by atoms with Crippen LogP contribution in [0.5, 0.6) is 0 Å². The lowest BCUT2D eigenvalue weighted by molar-refractivity contribution is -0.131. The topological polar surface area (TPSA) is 37.3 Å². The Morgan fingerprint density at radius 3 is 2.64 bits per heavy atom. The summed E-state index contributed by atoms with van der Waals surface area (Å²) in [6.07, 6.45) is 1.55. The molecule has 11 heavy (non-hydrogen) atoms. The van der Waals surface area contributed by atoms with E-state index in [-0.39, 0.29) is 5.78 Å². The minimum absolute atomic E-state index is 0.0295. The molecule has 64 valence electrons. The molecule has 0 radical (unpaired) electrons. The maximum Gasteiger partial charge on any atom is 0.161 e. The standard InChI is InChI=1S/C9H16O2/c1-6(2)7-3-4-8(10)9(11)5-7/h6-7,9,11H,3-5H2,1-2H3/t7?,9-/m0/s1. The van der Waals surface area contributed by atoms with Crippen LogP contribution in [0.25, 0.3) is 0 Å². The number of aliphatic hydroxyl groups is 1. The average molecular weight is 156 g/mol. The fourth-order valence-electron chi connectivity index (χ4n) is 1.64. The Morgan fingerprint density at radius 1 is 1.55 bits per heavy atom. The van der Waals surface area contributed by atoms with Crippen LogP contribution in [-0.2, 0) is 4.79 Å². The molecule has 0 aliphatic heterocycles. The number of aliphatic hydroxyl groups excluding tert-OH is 1. The number of hydrogen-bond acceptors (Lipinski definition) is 2. The van der Waals surface area contributed by atoms with Crippen LogP contribution in [0.1, 0.15) is 33.1 Å². The minimum Gasteiger partial charge on any atom is -0.385 e. The molecule has 0 spiro atoms. The Balaban J connectivity index is 2.46. The summed E-state index contributed by atoms with van der Waals surface area (Å²) in [7, 11) is 0. The summed E-state index contributed by atoms with van der Waals surface area (Å²) in [6.45, 7) is 4.29. The first kappa shape index (κ1) is 8.72. The first-order chi connectivity index (χ1) is 5.11. The highest BCUT2D eigenvalue weighted by molar-refractivity contribution is 5.83. The van der Waals surface area contributed by atoms with Crippen molar-refractivity contribution in [1.29, 1.82) is 0 Å². The monoisotopic (exact) mass is 156 g/mol. The molecule has 1 N–H and O–H groups in total. The molecule has 0 bridgehead atoms. The Hall–Kier alpha value is -0.370. The summed E-state index contributed by atoms with van der Waals surface area (Å²) in [4.78, 5) is 10.9. The highest BCUT2D eigenvalue weighted by atomic mass is 16.3. The van der Waals surface area contributed by atoms with Crippen molar-refractivity contribution < 1.29 is 9.90 Å². The van der Waals surface area contributed by atoms with Crippen LogP contribution < -0.4 is 0 Å². The molecule has 2 nitrogen and oxygen atoms in total. The van der Waals surface area contributed by atoms with Crippen molar-refractivity contribution in [2.75, 3.05) is 0 Å². The molecule has 0 saturated heterocycles. The number of rotatable bonds is 1. The lowest BCUT2D eigenvalue weighted by atomic mass is 9.80. The number of ketones is 1. The Morgan fingerprint density at radius 2 is 2.18 bits per heavy atom. The lowest BCUT2D eigenvalue weighted by Crippen LogP contribution is -2.31. The van der Waals surface area contributed by atoms with Gasteiger partial charge in [0.1, 0.15) is 6.10 Å². The van der Waals surface area contributed by atoms with Gasteiger partial charge in [-0.05, 0) is 24.7 Å². The fraction of sp³-hybridized carbons (Fsp3) is 0.889. The van der Waals surface area contributed by atoms with Gasteiger partial charge >= 0.3 is 0 Å². The van der Waals surface area contributed by atoms with E-state index in [0.717, 1.165) is 6.42 Å². The van der Waals surface area contributed by atoms with Crippen molar-refractivity contribution in [3.05, 3.63) is 0 Å². The van der Waals surface area contributed by atoms with Gasteiger partial charge in [-0.15, -0.1) is 0 Å². The molecular formula is C9H16O2. The fourth-order valence-corrected chi connectivity index (χ4v) is 1.64. The van der Waals surface area contributed by atoms with E-state index in [1.165, 1.54) is 0 Å². The van der Waals surface area contributed by atoms with Crippen molar-refractivity contribution in [2.45, 2.75) is 39.2 Å². The van der Waals surface area contributed by atoms with Crippen LogP contribution in [0.3, 0.4) is 0 Å². The molecule has 1 aliphatic carbocycles. The van der Waals surface area contributed by atoms with Gasteiger partial charge in [0.25, 0.3) is 0 Å². The van der Waals surface area contributed by atoms with Gasteiger partial charge in [-0.3, -0.25) is 4.79 Å². The van der Waals surface area contributed by atoms with E-state index >= 15 is 0 Å². The van der Waals surface area contributed by atoms with E-state index in [0.29, 0.717) is 24.7 Å². The van der Waals surface area contributed by atoms with E-state index in [9.17, 15) is 9.90 Å². The predicted octanol–water partition coefficient (Wildman–Crippen LogP) is 1.37. The molecule has 1 fully saturated rings. The van der Waals surface area contributed by atoms with Crippen molar-refractivity contribution in [3.63, 3.8) is 0 Å². The van der Waals surface area contributed by atoms with Gasteiger partial charge in [0, 0.05) is 6.42 Å². The average Bonchev–Trinajstić information content (AvgIpc) is 1.94. The van der Waals surface area contributed by atoms with E-state index < -0.39 is 6.10 Å². The van der Waals surface area contributed by atoms with Gasteiger partial charge in [-0.2, -0.15) is 0 Å². The van der Waals surface area contributed by atoms with Crippen LogP contribution >= 0.6 is 0 Å². The summed E-state index contributed by atoms with van der Waals surface area (Å²) in [5.41, 5.74) is 0. The Kier molecular flexibility index (Phi) is 2.66. The molecule has 1 unspecified atom stereocenters. The van der Waals surface area contributed by atoms with Gasteiger partial charge in [-0.25, -0.2) is 0 Å². The zero-order chi connectivity index (χ0) is 8.43. The molecule has 2 heteroatoms. The molecule has 2 atom stereocenters. The third-order valence-electron chi connectivity index (χ3n) is 2.60. The summed E-state index contributed by atoms with van der Waals surface area (Å²) < 4.78 is 0. The number of carbonyl (C=O) groups excluding carboxylic acids is 1. The van der Waals surface area contributed by atoms with E-state index in [4.69, 9.17) is 0 Å². The Labute approximate surface area is 67.6 Å². The van der Waals surface area contributed by atoms with Gasteiger partial charge in [0.15, 0.2) is 5.78 Å². The molecule has 0 aromatic carbocycles. The van der Waals surface area contributed by atoms with E-state index in [1.807, 2.05) is 0 Å². The second-order valence-electron chi connectivity index (χ2n) is 3.76. The summed E-state index contributed by atoms with van der Waals surface area (Å²) >= 11 is 0. The number of Topliss-reactive ketones (excluding diaryl/α,β-unsaturated/α-hetero) is 1. The maximum atomic E-state index is 10.9. The quantitative estimate of drug-likeness (QED) is 0.622. The number of carbonyl (C=O) groups is 1. The third-order valence-corrected chi connectivity index (χ3v) is 2.60. The molecule has 1 aliphatic rings. The van der Waals surface area contributed by atoms with Gasteiger partial charge in [0.2, 0.25) is 0 Å². The van der Waals surface area contributed by atoms with E-state index in [1.54, 1.807) is 0 Å². The van der Waals surface area contributed by atoms with Crippen LogP contribution in [0.2, 0.25) is 0 Å². The predicted molar refractivity (Wildman–Crippen MR) is 43.2 cm³/mol. The SMILES string of the molecule is CC(C)C1CCC(=O)[C@@H](O)C1. The summed E-state index contributed by atoms with van der Waals surface area (Å²) in [6, 6.07) is 0. The third kappa shape index (κ3) is 2.03. The van der Waals surface area contributed by atoms with Crippen LogP contribution in [0.4, 0.5) is 0 Å². The molecule has 0 aromatic heterocycles. The zero-order valence-corrected chi connectivity index (χ0v) is 7.21. The van der Waals surface area contributed by atoms with Crippen molar-refractivity contribution in [2.24, 2.45) is 11.8 Å². The molecule has 1 saturated carbocycles. The summed E-state index contributed by atoms with van der Waals surface area (Å²) in [5.74, 6) is 1.17. The Bertz CT molecular complexity index is 152. The van der Waals surface area contributed by atoms with Crippen LogP contribution in [0.15, 0.2) is 0 Å². The van der Waals surface area contributed by atoms with Crippen molar-refractivity contribution in [3.8, 4) is 0 Å². The lowest BCUT2D eigenvalue weighted by Gasteiger charge is -2.27. The largest absolute Gasteiger partial charge is 0.385 e. The molecular weight excluding hydrogens is 140 g/mol. The van der Waals surface area contributed by atoms with Crippen molar-refractivity contribution in [1.82, 2.24) is 0 Å². The zero-order valence-electron chi connectivity index (χ0n) is 7.21. The second kappa shape index (κ2) is 3.35. The van der Waals surface area contributed by atoms with Crippen LogP contribution in [0, 0.1) is 11.8 Å². The van der Waals surface area contributed by atoms with Crippen molar-refractivity contribution >= 4 is 5.78 Å². The van der Waals surface area contributed by atoms with E-state index in [2.05, 4.69) is 13.8 Å². The number of hydrogen-bond donors (Lipinski definition) is 1. The normalized spacial score (nSPS) is 32.9. The first-order valence-electron chi connectivity index (χ1n) is 4.32. The second-order valence-corrected chi connectivity index (χ2v) is 3.76. The molecule has 0 heterocycles. The molecule has 0 amide bonds. The van der Waals surface area contributed by atoms with Crippen LogP contribution in [-0.4, -0.2) is 17.0 Å². The first-order valence-corrected chi connectivity index (χ1v) is 4.32. The summed E-state index contributed by atoms with van der Waals surface area (Å²) in [5, 5.41) is 9.25. The van der Waals surface area contributed by atoms with Gasteiger partial charge in [-0.1, -0.05) is 13.8 Å².